The highest BCUT2D eigenvalue weighted by Gasteiger charge is 2.29. The second kappa shape index (κ2) is 7.40. The Morgan fingerprint density at radius 2 is 2.12 bits per heavy atom. The highest BCUT2D eigenvalue weighted by atomic mass is 32.2. The second-order valence-electron chi connectivity index (χ2n) is 5.81. The van der Waals surface area contributed by atoms with E-state index in [4.69, 9.17) is 4.74 Å². The van der Waals surface area contributed by atoms with Crippen LogP contribution in [0.1, 0.15) is 22.5 Å². The van der Waals surface area contributed by atoms with E-state index in [1.165, 1.54) is 11.3 Å². The number of hydrogen-bond acceptors (Lipinski definition) is 7. The topological polar surface area (TPSA) is 97.4 Å². The van der Waals surface area contributed by atoms with Gasteiger partial charge in [-0.1, -0.05) is 12.1 Å². The van der Waals surface area contributed by atoms with Crippen LogP contribution >= 0.6 is 11.3 Å². The van der Waals surface area contributed by atoms with Crippen molar-refractivity contribution in [3.8, 4) is 5.75 Å². The first-order chi connectivity index (χ1) is 11.9. The summed E-state index contributed by atoms with van der Waals surface area (Å²) in [5.74, 6) is 0.594. The third-order valence-electron chi connectivity index (χ3n) is 3.91. The highest BCUT2D eigenvalue weighted by Crippen LogP contribution is 2.18. The molecular weight excluding hydrogens is 362 g/mol. The van der Waals surface area contributed by atoms with Crippen molar-refractivity contribution in [1.82, 2.24) is 10.3 Å². The number of carbonyl (C=O) groups is 1. The van der Waals surface area contributed by atoms with Crippen molar-refractivity contribution in [2.24, 2.45) is 0 Å². The summed E-state index contributed by atoms with van der Waals surface area (Å²) in [4.78, 5) is 16.4. The number of aromatic nitrogens is 1. The molecule has 0 aliphatic carbocycles. The number of anilines is 1. The summed E-state index contributed by atoms with van der Waals surface area (Å²) in [5.41, 5.74) is 1.37. The van der Waals surface area contributed by atoms with Crippen molar-refractivity contribution in [2.45, 2.75) is 19.0 Å². The Morgan fingerprint density at radius 1 is 1.36 bits per heavy atom. The van der Waals surface area contributed by atoms with Crippen molar-refractivity contribution < 1.29 is 17.9 Å². The number of thiazole rings is 1. The lowest BCUT2D eigenvalue weighted by Crippen LogP contribution is -2.35. The molecule has 2 heterocycles. The number of amides is 1. The number of nitrogens with one attached hydrogen (secondary N) is 2. The first kappa shape index (κ1) is 17.7. The molecule has 1 aliphatic rings. The Labute approximate surface area is 150 Å². The van der Waals surface area contributed by atoms with Crippen LogP contribution in [0.15, 0.2) is 29.6 Å². The van der Waals surface area contributed by atoms with E-state index >= 15 is 0 Å². The first-order valence-corrected chi connectivity index (χ1v) is 10.5. The Hall–Kier alpha value is -2.13. The number of nitrogens with zero attached hydrogens (tertiary/aromatic N) is 1. The van der Waals surface area contributed by atoms with Crippen molar-refractivity contribution in [3.63, 3.8) is 0 Å². The minimum Gasteiger partial charge on any atom is -0.497 e. The molecule has 25 heavy (non-hydrogen) atoms. The lowest BCUT2D eigenvalue weighted by Gasteiger charge is -2.08. The Morgan fingerprint density at radius 3 is 2.76 bits per heavy atom. The minimum absolute atomic E-state index is 0.00541. The number of ether oxygens (including phenoxy) is 1. The maximum absolute atomic E-state index is 12.2. The van der Waals surface area contributed by atoms with Gasteiger partial charge in [0, 0.05) is 18.0 Å². The van der Waals surface area contributed by atoms with Gasteiger partial charge in [-0.3, -0.25) is 4.79 Å². The maximum Gasteiger partial charge on any atom is 0.271 e. The summed E-state index contributed by atoms with van der Waals surface area (Å²) in [6, 6.07) is 7.34. The summed E-state index contributed by atoms with van der Waals surface area (Å²) in [7, 11) is -1.39. The molecule has 9 heteroatoms. The van der Waals surface area contributed by atoms with Crippen molar-refractivity contribution >= 4 is 32.2 Å². The van der Waals surface area contributed by atoms with Gasteiger partial charge < -0.3 is 15.4 Å². The molecular formula is C16H19N3O4S2. The van der Waals surface area contributed by atoms with Gasteiger partial charge in [-0.25, -0.2) is 13.4 Å². The van der Waals surface area contributed by atoms with Crippen LogP contribution in [-0.2, 0) is 16.4 Å². The summed E-state index contributed by atoms with van der Waals surface area (Å²) >= 11 is 1.34. The van der Waals surface area contributed by atoms with Crippen LogP contribution in [0.4, 0.5) is 5.13 Å². The van der Waals surface area contributed by atoms with Gasteiger partial charge in [-0.15, -0.1) is 11.3 Å². The molecule has 2 aromatic rings. The third-order valence-corrected chi connectivity index (χ3v) is 6.48. The molecule has 1 unspecified atom stereocenters. The van der Waals surface area contributed by atoms with Crippen LogP contribution in [0.2, 0.25) is 0 Å². The smallest absolute Gasteiger partial charge is 0.271 e. The van der Waals surface area contributed by atoms with Crippen molar-refractivity contribution in [2.75, 3.05) is 23.9 Å². The average Bonchev–Trinajstić information content (AvgIpc) is 3.20. The molecule has 0 bridgehead atoms. The highest BCUT2D eigenvalue weighted by molar-refractivity contribution is 7.91. The van der Waals surface area contributed by atoms with E-state index in [1.807, 2.05) is 24.3 Å². The van der Waals surface area contributed by atoms with E-state index in [2.05, 4.69) is 15.6 Å². The standard InChI is InChI=1S/C16H19N3O4S2/c1-23-13-4-2-11(3-5-13)8-17-16-19-14(9-24-16)15(20)18-12-6-7-25(21,22)10-12/h2-5,9,12H,6-8,10H2,1H3,(H,17,19)(H,18,20). The van der Waals surface area contributed by atoms with Crippen LogP contribution in [-0.4, -0.2) is 44.0 Å². The number of sulfone groups is 1. The predicted molar refractivity (Wildman–Crippen MR) is 97.0 cm³/mol. The van der Waals surface area contributed by atoms with Gasteiger partial charge in [0.15, 0.2) is 15.0 Å². The van der Waals surface area contributed by atoms with Crippen LogP contribution in [0.3, 0.4) is 0 Å². The summed E-state index contributed by atoms with van der Waals surface area (Å²) < 4.78 is 28.0. The van der Waals surface area contributed by atoms with E-state index in [1.54, 1.807) is 12.5 Å². The normalized spacial score (nSPS) is 18.7. The van der Waals surface area contributed by atoms with Gasteiger partial charge in [0.1, 0.15) is 11.4 Å². The molecule has 1 amide bonds. The molecule has 1 aliphatic heterocycles. The number of hydrogen-bond donors (Lipinski definition) is 2. The van der Waals surface area contributed by atoms with Crippen molar-refractivity contribution in [3.05, 3.63) is 40.9 Å². The maximum atomic E-state index is 12.2. The monoisotopic (exact) mass is 381 g/mol. The molecule has 1 fully saturated rings. The number of carbonyl (C=O) groups excluding carboxylic acids is 1. The molecule has 1 aromatic carbocycles. The molecule has 0 spiro atoms. The van der Waals surface area contributed by atoms with E-state index in [0.29, 0.717) is 23.8 Å². The van der Waals surface area contributed by atoms with Gasteiger partial charge in [0.2, 0.25) is 0 Å². The van der Waals surface area contributed by atoms with Gasteiger partial charge in [0.25, 0.3) is 5.91 Å². The summed E-state index contributed by atoms with van der Waals surface area (Å²) in [6.45, 7) is 0.583. The zero-order valence-corrected chi connectivity index (χ0v) is 15.3. The molecule has 2 N–H and O–H groups in total. The van der Waals surface area contributed by atoms with Crippen LogP contribution in [0, 0.1) is 0 Å². The number of benzene rings is 1. The minimum atomic E-state index is -3.02. The molecule has 0 radical (unpaired) electrons. The predicted octanol–water partition coefficient (Wildman–Crippen LogP) is 1.68. The summed E-state index contributed by atoms with van der Waals surface area (Å²) in [6.07, 6.45) is 0.459. The van der Waals surface area contributed by atoms with Crippen LogP contribution < -0.4 is 15.4 Å². The molecule has 0 saturated carbocycles. The fourth-order valence-corrected chi connectivity index (χ4v) is 4.91. The molecule has 7 nitrogen and oxygen atoms in total. The van der Waals surface area contributed by atoms with Crippen LogP contribution in [0.25, 0.3) is 0 Å². The largest absolute Gasteiger partial charge is 0.497 e. The van der Waals surface area contributed by atoms with Crippen molar-refractivity contribution in [1.29, 1.82) is 0 Å². The first-order valence-electron chi connectivity index (χ1n) is 7.79. The zero-order valence-electron chi connectivity index (χ0n) is 13.7. The van der Waals surface area contributed by atoms with Crippen LogP contribution in [0.5, 0.6) is 5.75 Å². The Balaban J connectivity index is 1.53. The number of rotatable bonds is 6. The molecule has 1 aromatic heterocycles. The van der Waals surface area contributed by atoms with Gasteiger partial charge in [0.05, 0.1) is 18.6 Å². The Kier molecular flexibility index (Phi) is 5.24. The summed E-state index contributed by atoms with van der Waals surface area (Å²) in [5, 5.41) is 8.21. The van der Waals surface area contributed by atoms with Gasteiger partial charge in [-0.2, -0.15) is 0 Å². The zero-order chi connectivity index (χ0) is 17.9. The fraction of sp³-hybridized carbons (Fsp3) is 0.375. The lowest BCUT2D eigenvalue weighted by molar-refractivity contribution is 0.0937. The lowest BCUT2D eigenvalue weighted by atomic mass is 10.2. The van der Waals surface area contributed by atoms with E-state index in [-0.39, 0.29) is 23.5 Å². The number of methoxy groups -OCH3 is 1. The van der Waals surface area contributed by atoms with E-state index in [0.717, 1.165) is 11.3 Å². The molecule has 134 valence electrons. The van der Waals surface area contributed by atoms with E-state index in [9.17, 15) is 13.2 Å². The second-order valence-corrected chi connectivity index (χ2v) is 8.90. The molecule has 1 saturated heterocycles. The van der Waals surface area contributed by atoms with Gasteiger partial charge in [-0.05, 0) is 24.1 Å². The molecule has 1 atom stereocenters. The average molecular weight is 381 g/mol. The van der Waals surface area contributed by atoms with Gasteiger partial charge >= 0.3 is 0 Å². The SMILES string of the molecule is COc1ccc(CNc2nc(C(=O)NC3CCS(=O)(=O)C3)cs2)cc1. The van der Waals surface area contributed by atoms with E-state index < -0.39 is 9.84 Å². The quantitative estimate of drug-likeness (QED) is 0.790. The molecule has 3 rings (SSSR count). The fourth-order valence-electron chi connectivity index (χ4n) is 2.55. The Bertz CT molecular complexity index is 847. The third kappa shape index (κ3) is 4.70.